The lowest BCUT2D eigenvalue weighted by Crippen LogP contribution is -2.33. The Bertz CT molecular complexity index is 321. The molecule has 0 bridgehead atoms. The van der Waals surface area contributed by atoms with Crippen LogP contribution in [0.2, 0.25) is 0 Å². The van der Waals surface area contributed by atoms with Crippen LogP contribution in [0, 0.1) is 5.92 Å². The first-order valence-electron chi connectivity index (χ1n) is 6.33. The average Bonchev–Trinajstić information content (AvgIpc) is 2.23. The van der Waals surface area contributed by atoms with Crippen LogP contribution in [0.25, 0.3) is 0 Å². The van der Waals surface area contributed by atoms with E-state index in [0.717, 1.165) is 25.7 Å². The van der Waals surface area contributed by atoms with Gasteiger partial charge in [-0.1, -0.05) is 40.0 Å². The van der Waals surface area contributed by atoms with Crippen molar-refractivity contribution in [2.24, 2.45) is 5.92 Å². The molecule has 102 valence electrons. The summed E-state index contributed by atoms with van der Waals surface area (Å²) < 4.78 is 23.9. The van der Waals surface area contributed by atoms with Crippen molar-refractivity contribution in [3.8, 4) is 0 Å². The zero-order chi connectivity index (χ0) is 13.5. The summed E-state index contributed by atoms with van der Waals surface area (Å²) in [5.41, 5.74) is 0. The van der Waals surface area contributed by atoms with E-state index < -0.39 is 21.1 Å². The minimum atomic E-state index is -3.51. The van der Waals surface area contributed by atoms with E-state index in [4.69, 9.17) is 5.11 Å². The van der Waals surface area contributed by atoms with Crippen molar-refractivity contribution in [1.82, 2.24) is 0 Å². The Kier molecular flexibility index (Phi) is 7.43. The SMILES string of the molecule is CCCCC(CC)CS(=O)(=O)C(CC)C(=O)O. The van der Waals surface area contributed by atoms with Crippen molar-refractivity contribution >= 4 is 15.8 Å². The molecule has 0 aromatic rings. The van der Waals surface area contributed by atoms with Crippen LogP contribution in [0.4, 0.5) is 0 Å². The van der Waals surface area contributed by atoms with Crippen LogP contribution in [0.3, 0.4) is 0 Å². The fraction of sp³-hybridized carbons (Fsp3) is 0.917. The molecule has 2 unspecified atom stereocenters. The van der Waals surface area contributed by atoms with Gasteiger partial charge >= 0.3 is 5.97 Å². The number of hydrogen-bond donors (Lipinski definition) is 1. The molecule has 0 aromatic heterocycles. The Hall–Kier alpha value is -0.580. The van der Waals surface area contributed by atoms with Crippen molar-refractivity contribution in [1.29, 1.82) is 0 Å². The molecule has 0 saturated carbocycles. The normalized spacial score (nSPS) is 15.5. The van der Waals surface area contributed by atoms with Gasteiger partial charge in [0.1, 0.15) is 0 Å². The predicted molar refractivity (Wildman–Crippen MR) is 68.8 cm³/mol. The fourth-order valence-corrected chi connectivity index (χ4v) is 4.03. The van der Waals surface area contributed by atoms with Crippen LogP contribution >= 0.6 is 0 Å². The van der Waals surface area contributed by atoms with Gasteiger partial charge in [-0.05, 0) is 18.8 Å². The maximum absolute atomic E-state index is 12.0. The number of hydrogen-bond acceptors (Lipinski definition) is 3. The van der Waals surface area contributed by atoms with Crippen LogP contribution in [0.1, 0.15) is 52.9 Å². The Morgan fingerprint density at radius 2 is 1.76 bits per heavy atom. The molecule has 5 heteroatoms. The molecule has 0 spiro atoms. The molecule has 0 amide bonds. The van der Waals surface area contributed by atoms with E-state index >= 15 is 0 Å². The van der Waals surface area contributed by atoms with Gasteiger partial charge in [0.2, 0.25) is 0 Å². The van der Waals surface area contributed by atoms with E-state index in [1.54, 1.807) is 6.92 Å². The standard InChI is InChI=1S/C12H24O4S/c1-4-7-8-10(5-2)9-17(15,16)11(6-3)12(13)14/h10-11H,4-9H2,1-3H3,(H,13,14). The third-order valence-corrected chi connectivity index (χ3v) is 5.43. The lowest BCUT2D eigenvalue weighted by molar-refractivity contribution is -0.136. The van der Waals surface area contributed by atoms with Crippen LogP contribution < -0.4 is 0 Å². The van der Waals surface area contributed by atoms with Gasteiger partial charge in [0, 0.05) is 0 Å². The molecule has 0 rings (SSSR count). The first-order valence-corrected chi connectivity index (χ1v) is 8.04. The van der Waals surface area contributed by atoms with Gasteiger partial charge in [-0.15, -0.1) is 0 Å². The van der Waals surface area contributed by atoms with Gasteiger partial charge in [-0.2, -0.15) is 0 Å². The van der Waals surface area contributed by atoms with Crippen LogP contribution in [-0.4, -0.2) is 30.5 Å². The molecule has 0 aromatic carbocycles. The van der Waals surface area contributed by atoms with Crippen LogP contribution in [-0.2, 0) is 14.6 Å². The molecule has 0 saturated heterocycles. The minimum Gasteiger partial charge on any atom is -0.480 e. The van der Waals surface area contributed by atoms with E-state index in [0.29, 0.717) is 0 Å². The molecule has 0 radical (unpaired) electrons. The number of unbranched alkanes of at least 4 members (excludes halogenated alkanes) is 1. The molecule has 0 aliphatic heterocycles. The molecular weight excluding hydrogens is 240 g/mol. The van der Waals surface area contributed by atoms with Gasteiger partial charge in [-0.3, -0.25) is 4.79 Å². The smallest absolute Gasteiger partial charge is 0.321 e. The number of carboxylic acids is 1. The average molecular weight is 264 g/mol. The van der Waals surface area contributed by atoms with Gasteiger partial charge in [0.15, 0.2) is 15.1 Å². The second kappa shape index (κ2) is 7.69. The highest BCUT2D eigenvalue weighted by atomic mass is 32.2. The summed E-state index contributed by atoms with van der Waals surface area (Å²) in [4.78, 5) is 10.9. The van der Waals surface area contributed by atoms with E-state index in [2.05, 4.69) is 6.92 Å². The highest BCUT2D eigenvalue weighted by Crippen LogP contribution is 2.19. The molecular formula is C12H24O4S. The Labute approximate surface area is 104 Å². The van der Waals surface area contributed by atoms with Gasteiger partial charge in [-0.25, -0.2) is 8.42 Å². The first kappa shape index (κ1) is 16.4. The summed E-state index contributed by atoms with van der Waals surface area (Å²) in [5.74, 6) is -1.12. The third-order valence-electron chi connectivity index (χ3n) is 3.09. The Morgan fingerprint density at radius 3 is 2.12 bits per heavy atom. The van der Waals surface area contributed by atoms with Gasteiger partial charge < -0.3 is 5.11 Å². The highest BCUT2D eigenvalue weighted by Gasteiger charge is 2.32. The summed E-state index contributed by atoms with van der Waals surface area (Å²) in [7, 11) is -3.51. The number of sulfone groups is 1. The zero-order valence-corrected chi connectivity index (χ0v) is 11.8. The first-order chi connectivity index (χ1) is 7.88. The van der Waals surface area contributed by atoms with Crippen molar-refractivity contribution < 1.29 is 18.3 Å². The number of carboxylic acid groups (broad SMARTS) is 1. The van der Waals surface area contributed by atoms with E-state index in [9.17, 15) is 13.2 Å². The van der Waals surface area contributed by atoms with Crippen molar-refractivity contribution in [3.63, 3.8) is 0 Å². The third kappa shape index (κ3) is 5.52. The van der Waals surface area contributed by atoms with E-state index in [-0.39, 0.29) is 18.1 Å². The van der Waals surface area contributed by atoms with Crippen LogP contribution in [0.15, 0.2) is 0 Å². The van der Waals surface area contributed by atoms with Crippen LogP contribution in [0.5, 0.6) is 0 Å². The van der Waals surface area contributed by atoms with E-state index in [1.165, 1.54) is 0 Å². The summed E-state index contributed by atoms with van der Waals surface area (Å²) in [6.45, 7) is 5.62. The Balaban J connectivity index is 4.65. The topological polar surface area (TPSA) is 71.4 Å². The molecule has 2 atom stereocenters. The minimum absolute atomic E-state index is 0.00824. The van der Waals surface area contributed by atoms with Crippen molar-refractivity contribution in [2.45, 2.75) is 58.1 Å². The molecule has 1 N–H and O–H groups in total. The van der Waals surface area contributed by atoms with Crippen molar-refractivity contribution in [2.75, 3.05) is 5.75 Å². The monoisotopic (exact) mass is 264 g/mol. The summed E-state index contributed by atoms with van der Waals surface area (Å²) in [5, 5.41) is 7.65. The highest BCUT2D eigenvalue weighted by molar-refractivity contribution is 7.92. The summed E-state index contributed by atoms with van der Waals surface area (Å²) >= 11 is 0. The molecule has 17 heavy (non-hydrogen) atoms. The summed E-state index contributed by atoms with van der Waals surface area (Å²) in [6.07, 6.45) is 3.82. The second-order valence-electron chi connectivity index (χ2n) is 4.48. The quantitative estimate of drug-likeness (QED) is 0.694. The van der Waals surface area contributed by atoms with Gasteiger partial charge in [0.25, 0.3) is 0 Å². The fourth-order valence-electron chi connectivity index (χ4n) is 1.92. The number of carbonyl (C=O) groups is 1. The lowest BCUT2D eigenvalue weighted by Gasteiger charge is -2.17. The second-order valence-corrected chi connectivity index (χ2v) is 6.71. The lowest BCUT2D eigenvalue weighted by atomic mass is 10.0. The molecule has 0 aliphatic carbocycles. The maximum Gasteiger partial charge on any atom is 0.321 e. The van der Waals surface area contributed by atoms with Crippen molar-refractivity contribution in [3.05, 3.63) is 0 Å². The van der Waals surface area contributed by atoms with E-state index in [1.807, 2.05) is 6.92 Å². The summed E-state index contributed by atoms with van der Waals surface area (Å²) in [6, 6.07) is 0. The zero-order valence-electron chi connectivity index (χ0n) is 11.0. The molecule has 0 heterocycles. The maximum atomic E-state index is 12.0. The molecule has 4 nitrogen and oxygen atoms in total. The van der Waals surface area contributed by atoms with Gasteiger partial charge in [0.05, 0.1) is 5.75 Å². The molecule has 0 fully saturated rings. The number of rotatable bonds is 9. The predicted octanol–water partition coefficient (Wildman–Crippen LogP) is 2.48. The largest absolute Gasteiger partial charge is 0.480 e. The molecule has 0 aliphatic rings. The Morgan fingerprint density at radius 1 is 1.18 bits per heavy atom. The number of aliphatic carboxylic acids is 1.